The molecule has 2 unspecified atom stereocenters. The first-order valence-corrected chi connectivity index (χ1v) is 6.57. The third-order valence-electron chi connectivity index (χ3n) is 2.89. The molecule has 0 spiro atoms. The van der Waals surface area contributed by atoms with E-state index in [9.17, 15) is 4.79 Å². The van der Waals surface area contributed by atoms with E-state index >= 15 is 0 Å². The molecule has 1 aliphatic heterocycles. The first-order valence-electron chi connectivity index (χ1n) is 6.57. The summed E-state index contributed by atoms with van der Waals surface area (Å²) in [6.07, 6.45) is 2.85. The van der Waals surface area contributed by atoms with Crippen molar-refractivity contribution < 1.29 is 19.4 Å². The van der Waals surface area contributed by atoms with Gasteiger partial charge in [-0.2, -0.15) is 0 Å². The highest BCUT2D eigenvalue weighted by molar-refractivity contribution is 5.75. The molecule has 0 aromatic carbocycles. The van der Waals surface area contributed by atoms with Gasteiger partial charge in [-0.3, -0.25) is 4.79 Å². The summed E-state index contributed by atoms with van der Waals surface area (Å²) in [7, 11) is 0. The van der Waals surface area contributed by atoms with Gasteiger partial charge in [0, 0.05) is 39.1 Å². The summed E-state index contributed by atoms with van der Waals surface area (Å²) in [6, 6.07) is 0. The highest BCUT2D eigenvalue weighted by Crippen LogP contribution is 2.16. The van der Waals surface area contributed by atoms with Gasteiger partial charge in [-0.05, 0) is 12.8 Å². The van der Waals surface area contributed by atoms with E-state index in [1.54, 1.807) is 0 Å². The SMILES string of the molecule is NCCC(=O)NCCCOC1CCOC(CO)C1. The maximum atomic E-state index is 11.1. The smallest absolute Gasteiger partial charge is 0.221 e. The second-order valence-corrected chi connectivity index (χ2v) is 4.43. The van der Waals surface area contributed by atoms with Crippen LogP contribution in [0.4, 0.5) is 0 Å². The van der Waals surface area contributed by atoms with Crippen molar-refractivity contribution in [2.75, 3.05) is 32.9 Å². The quantitative estimate of drug-likeness (QED) is 0.507. The van der Waals surface area contributed by atoms with Crippen LogP contribution in [-0.2, 0) is 14.3 Å². The van der Waals surface area contributed by atoms with E-state index in [4.69, 9.17) is 20.3 Å². The van der Waals surface area contributed by atoms with Gasteiger partial charge in [-0.15, -0.1) is 0 Å². The van der Waals surface area contributed by atoms with E-state index in [0.29, 0.717) is 32.7 Å². The van der Waals surface area contributed by atoms with Crippen LogP contribution in [0.2, 0.25) is 0 Å². The summed E-state index contributed by atoms with van der Waals surface area (Å²) in [6.45, 7) is 2.31. The Morgan fingerprint density at radius 2 is 2.39 bits per heavy atom. The standard InChI is InChI=1S/C12H24N2O4/c13-4-2-12(16)14-5-1-6-17-10-3-7-18-11(8-10)9-15/h10-11,15H,1-9,13H2,(H,14,16). The van der Waals surface area contributed by atoms with Gasteiger partial charge < -0.3 is 25.6 Å². The van der Waals surface area contributed by atoms with Crippen molar-refractivity contribution in [2.24, 2.45) is 5.73 Å². The molecule has 1 rings (SSSR count). The number of aliphatic hydroxyl groups excluding tert-OH is 1. The number of carbonyl (C=O) groups excluding carboxylic acids is 1. The van der Waals surface area contributed by atoms with E-state index in [1.165, 1.54) is 0 Å². The number of aliphatic hydroxyl groups is 1. The van der Waals surface area contributed by atoms with Crippen molar-refractivity contribution >= 4 is 5.91 Å². The molecule has 0 aromatic heterocycles. The van der Waals surface area contributed by atoms with E-state index in [1.807, 2.05) is 0 Å². The second kappa shape index (κ2) is 9.27. The van der Waals surface area contributed by atoms with Crippen LogP contribution in [0, 0.1) is 0 Å². The van der Waals surface area contributed by atoms with Crippen LogP contribution < -0.4 is 11.1 Å². The van der Waals surface area contributed by atoms with Gasteiger partial charge in [-0.25, -0.2) is 0 Å². The molecule has 2 atom stereocenters. The molecule has 4 N–H and O–H groups in total. The number of rotatable bonds is 8. The lowest BCUT2D eigenvalue weighted by atomic mass is 10.1. The zero-order valence-corrected chi connectivity index (χ0v) is 10.8. The molecule has 18 heavy (non-hydrogen) atoms. The third-order valence-corrected chi connectivity index (χ3v) is 2.89. The van der Waals surface area contributed by atoms with E-state index in [0.717, 1.165) is 19.3 Å². The van der Waals surface area contributed by atoms with Crippen molar-refractivity contribution in [1.82, 2.24) is 5.32 Å². The zero-order valence-electron chi connectivity index (χ0n) is 10.8. The molecule has 6 heteroatoms. The fraction of sp³-hybridized carbons (Fsp3) is 0.917. The van der Waals surface area contributed by atoms with Gasteiger partial charge in [0.1, 0.15) is 0 Å². The Balaban J connectivity index is 1.98. The Hall–Kier alpha value is -0.690. The molecule has 1 fully saturated rings. The van der Waals surface area contributed by atoms with E-state index in [-0.39, 0.29) is 24.7 Å². The van der Waals surface area contributed by atoms with Gasteiger partial charge in [0.15, 0.2) is 0 Å². The molecule has 0 aliphatic carbocycles. The molecular formula is C12H24N2O4. The molecular weight excluding hydrogens is 236 g/mol. The topological polar surface area (TPSA) is 93.8 Å². The summed E-state index contributed by atoms with van der Waals surface area (Å²) in [5.41, 5.74) is 5.27. The molecule has 0 radical (unpaired) electrons. The lowest BCUT2D eigenvalue weighted by Crippen LogP contribution is -2.33. The predicted molar refractivity (Wildman–Crippen MR) is 67.1 cm³/mol. The van der Waals surface area contributed by atoms with Gasteiger partial charge >= 0.3 is 0 Å². The van der Waals surface area contributed by atoms with Crippen LogP contribution in [0.15, 0.2) is 0 Å². The van der Waals surface area contributed by atoms with Crippen LogP contribution in [0.1, 0.15) is 25.7 Å². The molecule has 1 saturated heterocycles. The first-order chi connectivity index (χ1) is 8.76. The number of nitrogens with two attached hydrogens (primary N) is 1. The van der Waals surface area contributed by atoms with Crippen molar-refractivity contribution in [2.45, 2.75) is 37.9 Å². The van der Waals surface area contributed by atoms with Crippen LogP contribution in [0.3, 0.4) is 0 Å². The van der Waals surface area contributed by atoms with Crippen LogP contribution >= 0.6 is 0 Å². The molecule has 1 aliphatic rings. The summed E-state index contributed by atoms with van der Waals surface area (Å²) < 4.78 is 11.0. The largest absolute Gasteiger partial charge is 0.394 e. The normalized spacial score (nSPS) is 23.9. The van der Waals surface area contributed by atoms with Gasteiger partial charge in [0.05, 0.1) is 18.8 Å². The van der Waals surface area contributed by atoms with Gasteiger partial charge in [0.25, 0.3) is 0 Å². The fourth-order valence-electron chi connectivity index (χ4n) is 1.89. The minimum Gasteiger partial charge on any atom is -0.394 e. The van der Waals surface area contributed by atoms with Crippen LogP contribution in [0.25, 0.3) is 0 Å². The molecule has 6 nitrogen and oxygen atoms in total. The zero-order chi connectivity index (χ0) is 13.2. The van der Waals surface area contributed by atoms with Crippen molar-refractivity contribution in [1.29, 1.82) is 0 Å². The highest BCUT2D eigenvalue weighted by Gasteiger charge is 2.22. The monoisotopic (exact) mass is 260 g/mol. The lowest BCUT2D eigenvalue weighted by Gasteiger charge is -2.28. The van der Waals surface area contributed by atoms with Crippen molar-refractivity contribution in [3.63, 3.8) is 0 Å². The average Bonchev–Trinajstić information content (AvgIpc) is 2.39. The van der Waals surface area contributed by atoms with Gasteiger partial charge in [0.2, 0.25) is 5.91 Å². The number of hydrogen-bond acceptors (Lipinski definition) is 5. The molecule has 1 heterocycles. The number of ether oxygens (including phenoxy) is 2. The minimum absolute atomic E-state index is 0.0103. The average molecular weight is 260 g/mol. The van der Waals surface area contributed by atoms with E-state index in [2.05, 4.69) is 5.32 Å². The predicted octanol–water partition coefficient (Wildman–Crippen LogP) is -0.602. The molecule has 106 valence electrons. The number of amides is 1. The summed E-state index contributed by atoms with van der Waals surface area (Å²) in [4.78, 5) is 11.1. The third kappa shape index (κ3) is 6.30. The number of hydrogen-bond donors (Lipinski definition) is 3. The number of nitrogens with one attached hydrogen (secondary N) is 1. The van der Waals surface area contributed by atoms with E-state index < -0.39 is 0 Å². The maximum absolute atomic E-state index is 11.1. The Kier molecular flexibility index (Phi) is 7.91. The minimum atomic E-state index is -0.0898. The summed E-state index contributed by atoms with van der Waals surface area (Å²) in [5, 5.41) is 11.8. The molecule has 0 aromatic rings. The molecule has 0 bridgehead atoms. The Bertz CT molecular complexity index is 238. The Morgan fingerprint density at radius 1 is 1.56 bits per heavy atom. The van der Waals surface area contributed by atoms with Crippen molar-refractivity contribution in [3.8, 4) is 0 Å². The Labute approximate surface area is 108 Å². The van der Waals surface area contributed by atoms with Gasteiger partial charge in [-0.1, -0.05) is 0 Å². The van der Waals surface area contributed by atoms with Crippen molar-refractivity contribution in [3.05, 3.63) is 0 Å². The van der Waals surface area contributed by atoms with Crippen LogP contribution in [-0.4, -0.2) is 56.1 Å². The maximum Gasteiger partial charge on any atom is 0.221 e. The molecule has 1 amide bonds. The highest BCUT2D eigenvalue weighted by atomic mass is 16.5. The summed E-state index contributed by atoms with van der Waals surface area (Å²) in [5.74, 6) is -0.0103. The lowest BCUT2D eigenvalue weighted by molar-refractivity contribution is -0.121. The Morgan fingerprint density at radius 3 is 3.11 bits per heavy atom. The first kappa shape index (κ1) is 15.4. The second-order valence-electron chi connectivity index (χ2n) is 4.43. The molecule has 0 saturated carbocycles. The number of carbonyl (C=O) groups is 1. The fourth-order valence-corrected chi connectivity index (χ4v) is 1.89. The van der Waals surface area contributed by atoms with Crippen LogP contribution in [0.5, 0.6) is 0 Å². The summed E-state index contributed by atoms with van der Waals surface area (Å²) >= 11 is 0.